The van der Waals surface area contributed by atoms with Gasteiger partial charge in [0.05, 0.1) is 16.4 Å². The molecule has 0 saturated heterocycles. The lowest BCUT2D eigenvalue weighted by atomic mass is 10.3. The molecule has 0 atom stereocenters. The summed E-state index contributed by atoms with van der Waals surface area (Å²) in [4.78, 5) is 11.9. The van der Waals surface area contributed by atoms with Crippen LogP contribution in [0.4, 0.5) is 36.4 Å². The highest BCUT2D eigenvalue weighted by molar-refractivity contribution is 6.32. The highest BCUT2D eigenvalue weighted by Crippen LogP contribution is 2.36. The minimum Gasteiger partial charge on any atom is -0.321 e. The van der Waals surface area contributed by atoms with Gasteiger partial charge in [-0.2, -0.15) is 23.4 Å². The molecule has 0 saturated carbocycles. The fraction of sp³-hybridized carbons (Fsp3) is 0.417. The molecule has 2 N–H and O–H groups in total. The number of H-pyrrole nitrogens is 1. The molecule has 0 fully saturated rings. The molecule has 144 valence electrons. The van der Waals surface area contributed by atoms with E-state index in [9.17, 15) is 35.5 Å². The van der Waals surface area contributed by atoms with Gasteiger partial charge in [-0.05, 0) is 6.92 Å². The highest BCUT2D eigenvalue weighted by Gasteiger charge is 2.38. The number of carbonyl (C=O) groups excluding carboxylic acids is 1. The number of alkyl halides is 7. The molecule has 0 aliphatic rings. The van der Waals surface area contributed by atoms with Crippen molar-refractivity contribution < 1.29 is 35.5 Å². The first-order valence-corrected chi connectivity index (χ1v) is 7.05. The van der Waals surface area contributed by atoms with Crippen molar-refractivity contribution in [3.05, 3.63) is 27.8 Å². The number of nitrogens with zero attached hydrogens (tertiary/aromatic N) is 3. The first-order valence-electron chi connectivity index (χ1n) is 6.67. The average Bonchev–Trinajstić information content (AvgIpc) is 2.99. The third kappa shape index (κ3) is 3.92. The maximum atomic E-state index is 13.0. The molecule has 0 spiro atoms. The SMILES string of the molecule is Cc1[nH]nc(C(F)(F)F)c1NC(=O)Cn1nc(C(F)F)c(Cl)c1C(F)F. The summed E-state index contributed by atoms with van der Waals surface area (Å²) in [6, 6.07) is 0. The molecule has 2 aromatic heterocycles. The lowest BCUT2D eigenvalue weighted by Gasteiger charge is -2.10. The molecular weight excluding hydrogens is 399 g/mol. The van der Waals surface area contributed by atoms with Crippen molar-refractivity contribution in [2.24, 2.45) is 0 Å². The van der Waals surface area contributed by atoms with Gasteiger partial charge in [0.25, 0.3) is 12.9 Å². The largest absolute Gasteiger partial charge is 0.437 e. The molecule has 26 heavy (non-hydrogen) atoms. The zero-order valence-corrected chi connectivity index (χ0v) is 13.4. The summed E-state index contributed by atoms with van der Waals surface area (Å²) in [5, 5.41) is 9.01. The molecule has 0 aromatic carbocycles. The van der Waals surface area contributed by atoms with Crippen LogP contribution in [-0.4, -0.2) is 25.9 Å². The van der Waals surface area contributed by atoms with Gasteiger partial charge in [-0.3, -0.25) is 14.6 Å². The van der Waals surface area contributed by atoms with E-state index in [-0.39, 0.29) is 10.4 Å². The number of aromatic nitrogens is 4. The molecular formula is C12H9ClF7N5O. The average molecular weight is 408 g/mol. The minimum absolute atomic E-state index is 0.147. The van der Waals surface area contributed by atoms with Crippen molar-refractivity contribution in [3.8, 4) is 0 Å². The van der Waals surface area contributed by atoms with Crippen LogP contribution in [0.5, 0.6) is 0 Å². The predicted molar refractivity (Wildman–Crippen MR) is 74.1 cm³/mol. The van der Waals surface area contributed by atoms with Gasteiger partial charge in [0, 0.05) is 0 Å². The van der Waals surface area contributed by atoms with E-state index in [1.807, 2.05) is 10.4 Å². The summed E-state index contributed by atoms with van der Waals surface area (Å²) in [6.07, 6.45) is -11.5. The Hall–Kier alpha value is -2.31. The molecule has 1 amide bonds. The van der Waals surface area contributed by atoms with E-state index in [1.165, 1.54) is 6.92 Å². The maximum absolute atomic E-state index is 13.0. The molecule has 0 radical (unpaired) electrons. The fourth-order valence-corrected chi connectivity index (χ4v) is 2.34. The van der Waals surface area contributed by atoms with Gasteiger partial charge in [-0.15, -0.1) is 0 Å². The second-order valence-electron chi connectivity index (χ2n) is 4.96. The van der Waals surface area contributed by atoms with Crippen LogP contribution in [0.25, 0.3) is 0 Å². The zero-order valence-electron chi connectivity index (χ0n) is 12.6. The van der Waals surface area contributed by atoms with Crippen LogP contribution in [0.1, 0.15) is 35.6 Å². The number of hydrogen-bond donors (Lipinski definition) is 2. The Morgan fingerprint density at radius 1 is 1.27 bits per heavy atom. The number of aryl methyl sites for hydroxylation is 1. The third-order valence-corrected chi connectivity index (χ3v) is 3.53. The maximum Gasteiger partial charge on any atom is 0.437 e. The second kappa shape index (κ2) is 7.13. The number of anilines is 1. The first-order chi connectivity index (χ1) is 11.9. The van der Waals surface area contributed by atoms with Crippen LogP contribution in [0.2, 0.25) is 5.02 Å². The van der Waals surface area contributed by atoms with E-state index in [0.29, 0.717) is 0 Å². The van der Waals surface area contributed by atoms with Crippen molar-refractivity contribution in [3.63, 3.8) is 0 Å². The van der Waals surface area contributed by atoms with Crippen LogP contribution in [0, 0.1) is 6.92 Å². The van der Waals surface area contributed by atoms with Gasteiger partial charge in [0.2, 0.25) is 5.91 Å². The number of rotatable bonds is 5. The van der Waals surface area contributed by atoms with Crippen molar-refractivity contribution in [2.75, 3.05) is 5.32 Å². The Morgan fingerprint density at radius 2 is 1.88 bits per heavy atom. The number of aromatic amines is 1. The van der Waals surface area contributed by atoms with E-state index in [4.69, 9.17) is 11.6 Å². The molecule has 6 nitrogen and oxygen atoms in total. The molecule has 14 heteroatoms. The topological polar surface area (TPSA) is 75.6 Å². The number of nitrogens with one attached hydrogen (secondary N) is 2. The van der Waals surface area contributed by atoms with Crippen LogP contribution >= 0.6 is 11.6 Å². The monoisotopic (exact) mass is 407 g/mol. The van der Waals surface area contributed by atoms with Crippen LogP contribution in [0.15, 0.2) is 0 Å². The van der Waals surface area contributed by atoms with E-state index < -0.39 is 59.3 Å². The number of hydrogen-bond acceptors (Lipinski definition) is 3. The molecule has 2 rings (SSSR count). The van der Waals surface area contributed by atoms with E-state index >= 15 is 0 Å². The zero-order chi connectivity index (χ0) is 19.8. The van der Waals surface area contributed by atoms with Crippen LogP contribution < -0.4 is 5.32 Å². The van der Waals surface area contributed by atoms with Gasteiger partial charge in [0.1, 0.15) is 17.9 Å². The molecule has 2 aromatic rings. The summed E-state index contributed by atoms with van der Waals surface area (Å²) in [7, 11) is 0. The quantitative estimate of drug-likeness (QED) is 0.733. The molecule has 0 aliphatic carbocycles. The Morgan fingerprint density at radius 3 is 2.38 bits per heavy atom. The van der Waals surface area contributed by atoms with E-state index in [2.05, 4.69) is 10.2 Å². The number of amides is 1. The van der Waals surface area contributed by atoms with Crippen molar-refractivity contribution in [1.82, 2.24) is 20.0 Å². The third-order valence-electron chi connectivity index (χ3n) is 3.14. The summed E-state index contributed by atoms with van der Waals surface area (Å²) < 4.78 is 90.0. The van der Waals surface area contributed by atoms with Gasteiger partial charge in [-0.25, -0.2) is 17.6 Å². The van der Waals surface area contributed by atoms with Gasteiger partial charge in [0.15, 0.2) is 5.69 Å². The minimum atomic E-state index is -4.89. The Bertz CT molecular complexity index is 814. The molecule has 2 heterocycles. The van der Waals surface area contributed by atoms with Crippen molar-refractivity contribution >= 4 is 23.2 Å². The normalized spacial score (nSPS) is 12.3. The van der Waals surface area contributed by atoms with Gasteiger partial charge < -0.3 is 5.32 Å². The van der Waals surface area contributed by atoms with E-state index in [1.54, 1.807) is 0 Å². The Kier molecular flexibility index (Phi) is 5.49. The summed E-state index contributed by atoms with van der Waals surface area (Å²) in [5.41, 5.74) is -4.59. The second-order valence-corrected chi connectivity index (χ2v) is 5.34. The number of halogens is 8. The van der Waals surface area contributed by atoms with E-state index in [0.717, 1.165) is 0 Å². The Balaban J connectivity index is 2.30. The fourth-order valence-electron chi connectivity index (χ4n) is 2.04. The summed E-state index contributed by atoms with van der Waals surface area (Å²) >= 11 is 5.42. The number of carbonyl (C=O) groups is 1. The molecule has 0 unspecified atom stereocenters. The van der Waals surface area contributed by atoms with Crippen LogP contribution in [0.3, 0.4) is 0 Å². The standard InChI is InChI=1S/C12H9ClF7N5O/c1-3-6(9(23-22-3)12(18,19)20)21-4(26)2-25-8(11(16)17)5(13)7(24-25)10(14)15/h10-11H,2H2,1H3,(H,21,26)(H,22,23). The van der Waals surface area contributed by atoms with Crippen molar-refractivity contribution in [1.29, 1.82) is 0 Å². The molecule has 0 bridgehead atoms. The van der Waals surface area contributed by atoms with Gasteiger partial charge in [-0.1, -0.05) is 11.6 Å². The lowest BCUT2D eigenvalue weighted by molar-refractivity contribution is -0.140. The lowest BCUT2D eigenvalue weighted by Crippen LogP contribution is -2.23. The smallest absolute Gasteiger partial charge is 0.321 e. The van der Waals surface area contributed by atoms with Gasteiger partial charge >= 0.3 is 6.18 Å². The van der Waals surface area contributed by atoms with Crippen molar-refractivity contribution in [2.45, 2.75) is 32.5 Å². The van der Waals surface area contributed by atoms with Crippen LogP contribution in [-0.2, 0) is 17.5 Å². The summed E-state index contributed by atoms with van der Waals surface area (Å²) in [5.74, 6) is -1.22. The summed E-state index contributed by atoms with van der Waals surface area (Å²) in [6.45, 7) is 0.121. The molecule has 0 aliphatic heterocycles. The highest BCUT2D eigenvalue weighted by atomic mass is 35.5. The Labute approximate surface area is 145 Å². The first kappa shape index (κ1) is 20.0. The predicted octanol–water partition coefficient (Wildman–Crippen LogP) is 4.10.